The zero-order valence-corrected chi connectivity index (χ0v) is 10.3. The van der Waals surface area contributed by atoms with Gasteiger partial charge >= 0.3 is 0 Å². The first-order chi connectivity index (χ1) is 6.95. The van der Waals surface area contributed by atoms with Gasteiger partial charge in [0.1, 0.15) is 6.61 Å². The molecule has 4 heteroatoms. The molecule has 0 fully saturated rings. The summed E-state index contributed by atoms with van der Waals surface area (Å²) in [5.41, 5.74) is -0.257. The third-order valence-corrected chi connectivity index (χ3v) is 1.73. The van der Waals surface area contributed by atoms with Gasteiger partial charge in [-0.15, -0.1) is 0 Å². The Bertz CT molecular complexity index is 175. The van der Waals surface area contributed by atoms with Gasteiger partial charge in [-0.3, -0.25) is 4.79 Å². The fraction of sp³-hybridized carbons (Fsp3) is 0.909. The van der Waals surface area contributed by atoms with Crippen molar-refractivity contribution in [2.45, 2.75) is 39.2 Å². The van der Waals surface area contributed by atoms with Gasteiger partial charge in [-0.25, -0.2) is 0 Å². The normalized spacial score (nSPS) is 11.5. The number of methoxy groups -OCH3 is 1. The van der Waals surface area contributed by atoms with Gasteiger partial charge in [0.25, 0.3) is 0 Å². The second-order valence-electron chi connectivity index (χ2n) is 4.45. The van der Waals surface area contributed by atoms with Crippen molar-refractivity contribution < 1.29 is 14.3 Å². The van der Waals surface area contributed by atoms with Crippen LogP contribution in [-0.2, 0) is 14.3 Å². The number of carbonyl (C=O) groups is 1. The molecule has 4 nitrogen and oxygen atoms in total. The molecule has 1 N–H and O–H groups in total. The van der Waals surface area contributed by atoms with E-state index in [9.17, 15) is 4.79 Å². The number of amides is 1. The van der Waals surface area contributed by atoms with Crippen molar-refractivity contribution in [3.63, 3.8) is 0 Å². The van der Waals surface area contributed by atoms with Crippen LogP contribution in [0.15, 0.2) is 0 Å². The maximum Gasteiger partial charge on any atom is 0.246 e. The van der Waals surface area contributed by atoms with Crippen molar-refractivity contribution in [2.24, 2.45) is 0 Å². The Morgan fingerprint density at radius 1 is 1.27 bits per heavy atom. The van der Waals surface area contributed by atoms with Crippen LogP contribution < -0.4 is 5.32 Å². The zero-order chi connectivity index (χ0) is 11.7. The van der Waals surface area contributed by atoms with Gasteiger partial charge in [-0.1, -0.05) is 0 Å². The van der Waals surface area contributed by atoms with Gasteiger partial charge < -0.3 is 14.8 Å². The molecule has 0 aromatic heterocycles. The van der Waals surface area contributed by atoms with E-state index in [-0.39, 0.29) is 18.1 Å². The van der Waals surface area contributed by atoms with E-state index < -0.39 is 0 Å². The third kappa shape index (κ3) is 11.3. The third-order valence-electron chi connectivity index (χ3n) is 1.73. The number of carbonyl (C=O) groups excluding carboxylic acids is 1. The Hall–Kier alpha value is -0.610. The molecular weight excluding hydrogens is 194 g/mol. The van der Waals surface area contributed by atoms with Crippen molar-refractivity contribution in [1.29, 1.82) is 0 Å². The summed E-state index contributed by atoms with van der Waals surface area (Å²) < 4.78 is 10.2. The lowest BCUT2D eigenvalue weighted by Crippen LogP contribution is -2.32. The molecule has 1 amide bonds. The molecule has 0 aliphatic rings. The molecule has 0 aromatic carbocycles. The quantitative estimate of drug-likeness (QED) is 0.655. The topological polar surface area (TPSA) is 47.6 Å². The summed E-state index contributed by atoms with van der Waals surface area (Å²) in [6.07, 6.45) is 1.91. The number of unbranched alkanes of at least 4 members (excludes halogenated alkanes) is 1. The van der Waals surface area contributed by atoms with E-state index in [1.807, 2.05) is 20.8 Å². The van der Waals surface area contributed by atoms with Crippen LogP contribution in [0.3, 0.4) is 0 Å². The van der Waals surface area contributed by atoms with E-state index in [0.29, 0.717) is 6.54 Å². The highest BCUT2D eigenvalue weighted by molar-refractivity contribution is 5.77. The number of nitrogens with one attached hydrogen (secondary N) is 1. The largest absolute Gasteiger partial charge is 0.385 e. The standard InChI is InChI=1S/C11H23NO3/c1-11(2,3)15-9-10(13)12-7-5-6-8-14-4/h5-9H2,1-4H3,(H,12,13). The first-order valence-electron chi connectivity index (χ1n) is 5.35. The number of ether oxygens (including phenoxy) is 2. The molecule has 0 saturated carbocycles. The van der Waals surface area contributed by atoms with Crippen molar-refractivity contribution in [1.82, 2.24) is 5.32 Å². The minimum Gasteiger partial charge on any atom is -0.385 e. The lowest BCUT2D eigenvalue weighted by molar-refractivity contribution is -0.130. The molecule has 0 aliphatic carbocycles. The van der Waals surface area contributed by atoms with Gasteiger partial charge in [0.15, 0.2) is 0 Å². The highest BCUT2D eigenvalue weighted by Crippen LogP contribution is 2.05. The van der Waals surface area contributed by atoms with E-state index in [4.69, 9.17) is 9.47 Å². The van der Waals surface area contributed by atoms with Crippen molar-refractivity contribution in [3.8, 4) is 0 Å². The smallest absolute Gasteiger partial charge is 0.246 e. The zero-order valence-electron chi connectivity index (χ0n) is 10.3. The second-order valence-corrected chi connectivity index (χ2v) is 4.45. The van der Waals surface area contributed by atoms with Crippen molar-refractivity contribution >= 4 is 5.91 Å². The van der Waals surface area contributed by atoms with Crippen LogP contribution in [0.25, 0.3) is 0 Å². The molecule has 0 bridgehead atoms. The Morgan fingerprint density at radius 3 is 2.47 bits per heavy atom. The molecule has 0 aliphatic heterocycles. The maximum atomic E-state index is 11.3. The molecule has 0 spiro atoms. The molecule has 15 heavy (non-hydrogen) atoms. The van der Waals surface area contributed by atoms with Crippen LogP contribution in [0.1, 0.15) is 33.6 Å². The monoisotopic (exact) mass is 217 g/mol. The van der Waals surface area contributed by atoms with Crippen LogP contribution in [0.4, 0.5) is 0 Å². The Morgan fingerprint density at radius 2 is 1.93 bits per heavy atom. The number of hydrogen-bond acceptors (Lipinski definition) is 3. The van der Waals surface area contributed by atoms with Gasteiger partial charge in [-0.2, -0.15) is 0 Å². The van der Waals surface area contributed by atoms with Crippen molar-refractivity contribution in [3.05, 3.63) is 0 Å². The Labute approximate surface area is 92.3 Å². The molecule has 0 radical (unpaired) electrons. The van der Waals surface area contributed by atoms with E-state index in [1.165, 1.54) is 0 Å². The average molecular weight is 217 g/mol. The first-order valence-corrected chi connectivity index (χ1v) is 5.35. The van der Waals surface area contributed by atoms with Gasteiger partial charge in [0, 0.05) is 20.3 Å². The van der Waals surface area contributed by atoms with Crippen LogP contribution in [0.5, 0.6) is 0 Å². The summed E-state index contributed by atoms with van der Waals surface area (Å²) >= 11 is 0. The molecule has 0 aromatic rings. The fourth-order valence-corrected chi connectivity index (χ4v) is 0.932. The highest BCUT2D eigenvalue weighted by atomic mass is 16.5. The van der Waals surface area contributed by atoms with Gasteiger partial charge in [-0.05, 0) is 33.6 Å². The van der Waals surface area contributed by atoms with Crippen LogP contribution in [0, 0.1) is 0 Å². The fourth-order valence-electron chi connectivity index (χ4n) is 0.932. The maximum absolute atomic E-state index is 11.3. The molecule has 0 heterocycles. The predicted octanol–water partition coefficient (Wildman–Crippen LogP) is 1.34. The molecule has 0 unspecified atom stereocenters. The molecule has 90 valence electrons. The van der Waals surface area contributed by atoms with Gasteiger partial charge in [0.05, 0.1) is 5.60 Å². The lowest BCUT2D eigenvalue weighted by atomic mass is 10.2. The summed E-state index contributed by atoms with van der Waals surface area (Å²) in [4.78, 5) is 11.3. The van der Waals surface area contributed by atoms with E-state index in [1.54, 1.807) is 7.11 Å². The minimum absolute atomic E-state index is 0.0534. The molecule has 0 saturated heterocycles. The number of hydrogen-bond donors (Lipinski definition) is 1. The SMILES string of the molecule is COCCCCNC(=O)COC(C)(C)C. The summed E-state index contributed by atoms with van der Waals surface area (Å²) in [6, 6.07) is 0. The van der Waals surface area contributed by atoms with E-state index >= 15 is 0 Å². The summed E-state index contributed by atoms with van der Waals surface area (Å²) in [5.74, 6) is -0.0534. The summed E-state index contributed by atoms with van der Waals surface area (Å²) in [7, 11) is 1.68. The Balaban J connectivity index is 3.34. The number of rotatable bonds is 7. The van der Waals surface area contributed by atoms with E-state index in [2.05, 4.69) is 5.32 Å². The summed E-state index contributed by atoms with van der Waals surface area (Å²) in [6.45, 7) is 7.36. The van der Waals surface area contributed by atoms with Crippen LogP contribution in [-0.4, -0.2) is 38.4 Å². The van der Waals surface area contributed by atoms with Gasteiger partial charge in [0.2, 0.25) is 5.91 Å². The van der Waals surface area contributed by atoms with Crippen LogP contribution in [0.2, 0.25) is 0 Å². The molecule has 0 rings (SSSR count). The van der Waals surface area contributed by atoms with Crippen LogP contribution >= 0.6 is 0 Å². The highest BCUT2D eigenvalue weighted by Gasteiger charge is 2.12. The average Bonchev–Trinajstić information content (AvgIpc) is 2.13. The molecular formula is C11H23NO3. The Kier molecular flexibility index (Phi) is 7.34. The second kappa shape index (κ2) is 7.65. The predicted molar refractivity (Wildman–Crippen MR) is 59.8 cm³/mol. The summed E-state index contributed by atoms with van der Waals surface area (Å²) in [5, 5.41) is 2.79. The van der Waals surface area contributed by atoms with Crippen molar-refractivity contribution in [2.75, 3.05) is 26.9 Å². The lowest BCUT2D eigenvalue weighted by Gasteiger charge is -2.18. The van der Waals surface area contributed by atoms with E-state index in [0.717, 1.165) is 19.4 Å². The first kappa shape index (κ1) is 14.4. The minimum atomic E-state index is -0.257. The molecule has 0 atom stereocenters.